The van der Waals surface area contributed by atoms with Gasteiger partial charge >= 0.3 is 18.1 Å². The van der Waals surface area contributed by atoms with Gasteiger partial charge in [0, 0.05) is 37.2 Å². The zero-order chi connectivity index (χ0) is 25.3. The van der Waals surface area contributed by atoms with E-state index < -0.39 is 23.7 Å². The molecular formula is C22H22BrF3N2O6. The Labute approximate surface area is 201 Å². The molecule has 0 bridgehead atoms. The number of carbonyl (C=O) groups is 3. The van der Waals surface area contributed by atoms with E-state index in [1.807, 2.05) is 17.0 Å². The molecule has 2 aromatic rings. The molecule has 1 heterocycles. The van der Waals surface area contributed by atoms with Gasteiger partial charge in [-0.3, -0.25) is 9.69 Å². The molecule has 0 atom stereocenters. The van der Waals surface area contributed by atoms with E-state index in [0.29, 0.717) is 31.9 Å². The van der Waals surface area contributed by atoms with Crippen molar-refractivity contribution in [3.05, 3.63) is 64.1 Å². The number of piperazine rings is 1. The number of aliphatic carboxylic acids is 2. The van der Waals surface area contributed by atoms with Crippen LogP contribution in [0.3, 0.4) is 0 Å². The van der Waals surface area contributed by atoms with Crippen molar-refractivity contribution < 1.29 is 42.5 Å². The summed E-state index contributed by atoms with van der Waals surface area (Å²) in [5, 5.41) is 14.8. The Hall–Kier alpha value is -3.12. The van der Waals surface area contributed by atoms with Crippen LogP contribution in [0.1, 0.15) is 11.1 Å². The zero-order valence-electron chi connectivity index (χ0n) is 17.8. The molecule has 3 rings (SSSR count). The third kappa shape index (κ3) is 8.67. The highest BCUT2D eigenvalue weighted by Gasteiger charge is 2.33. The summed E-state index contributed by atoms with van der Waals surface area (Å²) in [5.41, 5.74) is -0.343. The predicted molar refractivity (Wildman–Crippen MR) is 118 cm³/mol. The Morgan fingerprint density at radius 1 is 0.912 bits per heavy atom. The lowest BCUT2D eigenvalue weighted by molar-refractivity contribution is -0.159. The SMILES string of the molecule is O=C(COc1ccc(Br)cc1)N1CCN(Cc2ccccc2C(F)(F)F)CC1.O=C(O)C(=O)O. The highest BCUT2D eigenvalue weighted by molar-refractivity contribution is 9.10. The highest BCUT2D eigenvalue weighted by atomic mass is 79.9. The lowest BCUT2D eigenvalue weighted by Gasteiger charge is -2.35. The van der Waals surface area contributed by atoms with E-state index in [4.69, 9.17) is 24.5 Å². The highest BCUT2D eigenvalue weighted by Crippen LogP contribution is 2.32. The van der Waals surface area contributed by atoms with Gasteiger partial charge in [0.1, 0.15) is 5.75 Å². The lowest BCUT2D eigenvalue weighted by atomic mass is 10.1. The van der Waals surface area contributed by atoms with Crippen LogP contribution in [0, 0.1) is 0 Å². The summed E-state index contributed by atoms with van der Waals surface area (Å²) in [4.78, 5) is 34.1. The van der Waals surface area contributed by atoms with Gasteiger partial charge in [-0.15, -0.1) is 0 Å². The minimum atomic E-state index is -4.36. The molecule has 1 saturated heterocycles. The maximum absolute atomic E-state index is 13.1. The molecule has 1 fully saturated rings. The molecule has 0 unspecified atom stereocenters. The molecule has 0 aromatic heterocycles. The summed E-state index contributed by atoms with van der Waals surface area (Å²) in [6, 6.07) is 12.8. The van der Waals surface area contributed by atoms with E-state index in [9.17, 15) is 18.0 Å². The van der Waals surface area contributed by atoms with Crippen molar-refractivity contribution in [2.45, 2.75) is 12.7 Å². The molecule has 1 amide bonds. The summed E-state index contributed by atoms with van der Waals surface area (Å²) in [6.45, 7) is 2.14. The first-order chi connectivity index (χ1) is 16.0. The molecule has 0 radical (unpaired) electrons. The van der Waals surface area contributed by atoms with Crippen molar-refractivity contribution in [1.82, 2.24) is 9.80 Å². The van der Waals surface area contributed by atoms with E-state index in [0.717, 1.165) is 10.5 Å². The molecule has 2 aromatic carbocycles. The smallest absolute Gasteiger partial charge is 0.416 e. The number of amides is 1. The first-order valence-corrected chi connectivity index (χ1v) is 10.8. The van der Waals surface area contributed by atoms with E-state index in [-0.39, 0.29) is 24.6 Å². The van der Waals surface area contributed by atoms with Crippen LogP contribution in [-0.4, -0.2) is 70.6 Å². The Balaban J connectivity index is 0.000000604. The molecule has 1 aliphatic rings. The largest absolute Gasteiger partial charge is 0.484 e. The van der Waals surface area contributed by atoms with Gasteiger partial charge in [-0.25, -0.2) is 9.59 Å². The average molecular weight is 547 g/mol. The van der Waals surface area contributed by atoms with E-state index >= 15 is 0 Å². The molecule has 0 aliphatic carbocycles. The molecule has 2 N–H and O–H groups in total. The average Bonchev–Trinajstić information content (AvgIpc) is 2.79. The molecule has 1 aliphatic heterocycles. The van der Waals surface area contributed by atoms with Crippen molar-refractivity contribution in [3.63, 3.8) is 0 Å². The van der Waals surface area contributed by atoms with Crippen molar-refractivity contribution in [2.75, 3.05) is 32.8 Å². The zero-order valence-corrected chi connectivity index (χ0v) is 19.4. The lowest BCUT2D eigenvalue weighted by Crippen LogP contribution is -2.49. The molecule has 12 heteroatoms. The predicted octanol–water partition coefficient (Wildman–Crippen LogP) is 3.35. The minimum Gasteiger partial charge on any atom is -0.484 e. The first kappa shape index (κ1) is 27.1. The molecule has 34 heavy (non-hydrogen) atoms. The van der Waals surface area contributed by atoms with Crippen molar-refractivity contribution in [1.29, 1.82) is 0 Å². The minimum absolute atomic E-state index is 0.0570. The van der Waals surface area contributed by atoms with Crippen LogP contribution < -0.4 is 4.74 Å². The summed E-state index contributed by atoms with van der Waals surface area (Å²) in [5.74, 6) is -3.16. The summed E-state index contributed by atoms with van der Waals surface area (Å²) < 4.78 is 45.8. The number of hydrogen-bond acceptors (Lipinski definition) is 5. The Morgan fingerprint density at radius 3 is 2.00 bits per heavy atom. The standard InChI is InChI=1S/C20H20BrF3N2O2.C2H2O4/c21-16-5-7-17(8-6-16)28-14-19(27)26-11-9-25(10-12-26)13-15-3-1-2-4-18(15)20(22,23)24;3-1(4)2(5)6/h1-8H,9-14H2;(H,3,4)(H,5,6). The van der Waals surface area contributed by atoms with E-state index in [1.165, 1.54) is 12.1 Å². The maximum atomic E-state index is 13.1. The fraction of sp³-hybridized carbons (Fsp3) is 0.318. The topological polar surface area (TPSA) is 107 Å². The number of carboxylic acids is 2. The van der Waals surface area contributed by atoms with Crippen LogP contribution in [0.25, 0.3) is 0 Å². The van der Waals surface area contributed by atoms with Crippen LogP contribution >= 0.6 is 15.9 Å². The van der Waals surface area contributed by atoms with Gasteiger partial charge < -0.3 is 19.8 Å². The van der Waals surface area contributed by atoms with Gasteiger partial charge in [0.25, 0.3) is 5.91 Å². The number of hydrogen-bond donors (Lipinski definition) is 2. The first-order valence-electron chi connectivity index (χ1n) is 9.97. The van der Waals surface area contributed by atoms with Crippen molar-refractivity contribution >= 4 is 33.8 Å². The number of rotatable bonds is 5. The normalized spacial score (nSPS) is 14.1. The number of alkyl halides is 3. The number of carboxylic acid groups (broad SMARTS) is 2. The number of nitrogens with zero attached hydrogens (tertiary/aromatic N) is 2. The Kier molecular flexibility index (Phi) is 9.87. The molecule has 0 spiro atoms. The second-order valence-corrected chi connectivity index (χ2v) is 8.08. The van der Waals surface area contributed by atoms with E-state index in [2.05, 4.69) is 15.9 Å². The monoisotopic (exact) mass is 546 g/mol. The fourth-order valence-electron chi connectivity index (χ4n) is 3.10. The molecular weight excluding hydrogens is 525 g/mol. The third-order valence-electron chi connectivity index (χ3n) is 4.80. The van der Waals surface area contributed by atoms with Crippen molar-refractivity contribution in [2.24, 2.45) is 0 Å². The molecule has 0 saturated carbocycles. The van der Waals surface area contributed by atoms with Gasteiger partial charge in [0.2, 0.25) is 0 Å². The van der Waals surface area contributed by atoms with Gasteiger partial charge in [-0.2, -0.15) is 13.2 Å². The quantitative estimate of drug-likeness (QED) is 0.553. The summed E-state index contributed by atoms with van der Waals surface area (Å²) in [6.07, 6.45) is -4.36. The van der Waals surface area contributed by atoms with Crippen LogP contribution in [-0.2, 0) is 27.1 Å². The third-order valence-corrected chi connectivity index (χ3v) is 5.33. The maximum Gasteiger partial charge on any atom is 0.416 e. The van der Waals surface area contributed by atoms with Crippen molar-refractivity contribution in [3.8, 4) is 5.75 Å². The number of halogens is 4. The number of benzene rings is 2. The molecule has 184 valence electrons. The van der Waals surface area contributed by atoms with E-state index in [1.54, 1.807) is 23.1 Å². The second kappa shape index (κ2) is 12.4. The second-order valence-electron chi connectivity index (χ2n) is 7.16. The number of carbonyl (C=O) groups excluding carboxylic acids is 1. The van der Waals surface area contributed by atoms with Gasteiger partial charge in [0.05, 0.1) is 5.56 Å². The summed E-state index contributed by atoms with van der Waals surface area (Å²) in [7, 11) is 0. The van der Waals surface area contributed by atoms with Gasteiger partial charge in [-0.1, -0.05) is 34.1 Å². The molecule has 8 nitrogen and oxygen atoms in total. The van der Waals surface area contributed by atoms with Crippen LogP contribution in [0.2, 0.25) is 0 Å². The van der Waals surface area contributed by atoms with Gasteiger partial charge in [-0.05, 0) is 35.9 Å². The Bertz CT molecular complexity index is 981. The van der Waals surface area contributed by atoms with Crippen LogP contribution in [0.4, 0.5) is 13.2 Å². The summed E-state index contributed by atoms with van der Waals surface area (Å²) >= 11 is 3.33. The van der Waals surface area contributed by atoms with Crippen LogP contribution in [0.5, 0.6) is 5.75 Å². The van der Waals surface area contributed by atoms with Gasteiger partial charge in [0.15, 0.2) is 6.61 Å². The fourth-order valence-corrected chi connectivity index (χ4v) is 3.36. The Morgan fingerprint density at radius 2 is 1.47 bits per heavy atom. The van der Waals surface area contributed by atoms with Crippen LogP contribution in [0.15, 0.2) is 53.0 Å². The number of ether oxygens (including phenoxy) is 1.